The summed E-state index contributed by atoms with van der Waals surface area (Å²) in [6.45, 7) is 2.17. The Morgan fingerprint density at radius 1 is 1.11 bits per heavy atom. The molecule has 2 aromatic carbocycles. The number of rotatable bonds is 1. The van der Waals surface area contributed by atoms with Crippen LogP contribution < -0.4 is 5.32 Å². The van der Waals surface area contributed by atoms with E-state index in [-0.39, 0.29) is 11.7 Å². The van der Waals surface area contributed by atoms with Gasteiger partial charge in [-0.1, -0.05) is 30.3 Å². The van der Waals surface area contributed by atoms with Gasteiger partial charge >= 0.3 is 0 Å². The van der Waals surface area contributed by atoms with Gasteiger partial charge in [-0.15, -0.1) is 0 Å². The Kier molecular flexibility index (Phi) is 2.78. The molecule has 1 aliphatic rings. The summed E-state index contributed by atoms with van der Waals surface area (Å²) < 4.78 is 13.4. The van der Waals surface area contributed by atoms with Crippen molar-refractivity contribution >= 4 is 5.69 Å². The fourth-order valence-corrected chi connectivity index (χ4v) is 2.78. The van der Waals surface area contributed by atoms with E-state index in [0.29, 0.717) is 6.04 Å². The topological polar surface area (TPSA) is 12.0 Å². The Hall–Kier alpha value is -1.83. The summed E-state index contributed by atoms with van der Waals surface area (Å²) in [6.07, 6.45) is 1.00. The number of para-hydroxylation sites is 1. The molecule has 1 nitrogen and oxygen atoms in total. The van der Waals surface area contributed by atoms with E-state index < -0.39 is 0 Å². The highest BCUT2D eigenvalue weighted by Crippen LogP contribution is 2.38. The zero-order chi connectivity index (χ0) is 12.5. The van der Waals surface area contributed by atoms with Crippen molar-refractivity contribution in [2.75, 3.05) is 5.32 Å². The van der Waals surface area contributed by atoms with Crippen molar-refractivity contribution in [2.45, 2.75) is 25.3 Å². The molecular formula is C16H16FN. The van der Waals surface area contributed by atoms with Crippen LogP contribution >= 0.6 is 0 Å². The molecule has 0 amide bonds. The maximum atomic E-state index is 13.4. The summed E-state index contributed by atoms with van der Waals surface area (Å²) in [5.74, 6) is 0.129. The number of anilines is 1. The molecule has 18 heavy (non-hydrogen) atoms. The minimum atomic E-state index is -0.156. The zero-order valence-electron chi connectivity index (χ0n) is 10.4. The van der Waals surface area contributed by atoms with Crippen molar-refractivity contribution in [3.63, 3.8) is 0 Å². The van der Waals surface area contributed by atoms with Gasteiger partial charge in [-0.2, -0.15) is 0 Å². The molecule has 0 saturated heterocycles. The molecule has 1 heterocycles. The van der Waals surface area contributed by atoms with Crippen molar-refractivity contribution in [1.29, 1.82) is 0 Å². The largest absolute Gasteiger partial charge is 0.382 e. The maximum absolute atomic E-state index is 13.4. The van der Waals surface area contributed by atoms with E-state index in [0.717, 1.165) is 12.0 Å². The summed E-state index contributed by atoms with van der Waals surface area (Å²) >= 11 is 0. The van der Waals surface area contributed by atoms with Crippen molar-refractivity contribution in [3.8, 4) is 0 Å². The highest BCUT2D eigenvalue weighted by Gasteiger charge is 2.25. The first-order valence-electron chi connectivity index (χ1n) is 6.35. The highest BCUT2D eigenvalue weighted by atomic mass is 19.1. The van der Waals surface area contributed by atoms with Crippen LogP contribution in [0.15, 0.2) is 48.5 Å². The van der Waals surface area contributed by atoms with E-state index in [1.807, 2.05) is 18.2 Å². The third-order valence-corrected chi connectivity index (χ3v) is 3.58. The van der Waals surface area contributed by atoms with Crippen molar-refractivity contribution in [3.05, 3.63) is 65.5 Å². The Bertz CT molecular complexity index is 565. The first-order valence-corrected chi connectivity index (χ1v) is 6.35. The normalized spacial score (nSPS) is 22.1. The van der Waals surface area contributed by atoms with Crippen LogP contribution in [0.4, 0.5) is 10.1 Å². The second-order valence-electron chi connectivity index (χ2n) is 4.98. The minimum Gasteiger partial charge on any atom is -0.382 e. The monoisotopic (exact) mass is 241 g/mol. The van der Waals surface area contributed by atoms with Gasteiger partial charge < -0.3 is 5.32 Å². The molecule has 0 fully saturated rings. The highest BCUT2D eigenvalue weighted by molar-refractivity contribution is 5.58. The fourth-order valence-electron chi connectivity index (χ4n) is 2.78. The lowest BCUT2D eigenvalue weighted by molar-refractivity contribution is 0.598. The molecule has 92 valence electrons. The van der Waals surface area contributed by atoms with E-state index in [9.17, 15) is 4.39 Å². The number of benzene rings is 2. The third-order valence-electron chi connectivity index (χ3n) is 3.58. The molecule has 2 atom stereocenters. The molecular weight excluding hydrogens is 225 g/mol. The van der Waals surface area contributed by atoms with Gasteiger partial charge in [-0.3, -0.25) is 0 Å². The molecule has 1 N–H and O–H groups in total. The van der Waals surface area contributed by atoms with Crippen LogP contribution in [0.2, 0.25) is 0 Å². The number of hydrogen-bond donors (Lipinski definition) is 1. The van der Waals surface area contributed by atoms with Crippen LogP contribution in [0, 0.1) is 5.82 Å². The standard InChI is InChI=1S/C16H16FN/c1-11-9-15(12-5-4-6-13(17)10-12)14-7-2-3-8-16(14)18-11/h2-8,10-11,15,18H,9H2,1H3. The number of hydrogen-bond acceptors (Lipinski definition) is 1. The average molecular weight is 241 g/mol. The predicted octanol–water partition coefficient (Wildman–Crippen LogP) is 4.16. The predicted molar refractivity (Wildman–Crippen MR) is 72.4 cm³/mol. The average Bonchev–Trinajstić information content (AvgIpc) is 2.37. The van der Waals surface area contributed by atoms with Crippen LogP contribution in [-0.2, 0) is 0 Å². The molecule has 3 rings (SSSR count). The van der Waals surface area contributed by atoms with Crippen LogP contribution in [-0.4, -0.2) is 6.04 Å². The van der Waals surface area contributed by atoms with Gasteiger partial charge in [0.25, 0.3) is 0 Å². The van der Waals surface area contributed by atoms with Crippen molar-refractivity contribution in [2.24, 2.45) is 0 Å². The number of halogens is 1. The lowest BCUT2D eigenvalue weighted by atomic mass is 9.82. The van der Waals surface area contributed by atoms with Crippen LogP contribution in [0.1, 0.15) is 30.4 Å². The van der Waals surface area contributed by atoms with Gasteiger partial charge in [0.1, 0.15) is 5.82 Å². The fraction of sp³-hybridized carbons (Fsp3) is 0.250. The SMILES string of the molecule is CC1CC(c2cccc(F)c2)c2ccccc2N1. The summed E-state index contributed by atoms with van der Waals surface area (Å²) in [6, 6.07) is 15.7. The van der Waals surface area contributed by atoms with E-state index in [1.165, 1.54) is 17.3 Å². The van der Waals surface area contributed by atoms with E-state index in [2.05, 4.69) is 24.4 Å². The van der Waals surface area contributed by atoms with Crippen LogP contribution in [0.3, 0.4) is 0 Å². The molecule has 1 aliphatic heterocycles. The van der Waals surface area contributed by atoms with Crippen LogP contribution in [0.25, 0.3) is 0 Å². The quantitative estimate of drug-likeness (QED) is 0.790. The van der Waals surface area contributed by atoms with Gasteiger partial charge in [0.2, 0.25) is 0 Å². The van der Waals surface area contributed by atoms with Crippen LogP contribution in [0.5, 0.6) is 0 Å². The molecule has 0 aliphatic carbocycles. The van der Waals surface area contributed by atoms with E-state index in [1.54, 1.807) is 12.1 Å². The summed E-state index contributed by atoms with van der Waals surface area (Å²) in [7, 11) is 0. The molecule has 2 heteroatoms. The Morgan fingerprint density at radius 2 is 1.94 bits per heavy atom. The van der Waals surface area contributed by atoms with Crippen molar-refractivity contribution in [1.82, 2.24) is 0 Å². The maximum Gasteiger partial charge on any atom is 0.123 e. The van der Waals surface area contributed by atoms with Gasteiger partial charge in [0, 0.05) is 17.6 Å². The Balaban J connectivity index is 2.07. The minimum absolute atomic E-state index is 0.156. The summed E-state index contributed by atoms with van der Waals surface area (Å²) in [4.78, 5) is 0. The second kappa shape index (κ2) is 4.45. The third kappa shape index (κ3) is 1.99. The summed E-state index contributed by atoms with van der Waals surface area (Å²) in [5, 5.41) is 3.48. The lowest BCUT2D eigenvalue weighted by Gasteiger charge is -2.31. The Morgan fingerprint density at radius 3 is 2.78 bits per heavy atom. The molecule has 2 aromatic rings. The first-order chi connectivity index (χ1) is 8.74. The van der Waals surface area contributed by atoms with Gasteiger partial charge in [0.05, 0.1) is 0 Å². The zero-order valence-corrected chi connectivity index (χ0v) is 10.4. The second-order valence-corrected chi connectivity index (χ2v) is 4.98. The van der Waals surface area contributed by atoms with E-state index >= 15 is 0 Å². The van der Waals surface area contributed by atoms with Gasteiger partial charge in [0.15, 0.2) is 0 Å². The number of nitrogens with one attached hydrogen (secondary N) is 1. The molecule has 0 spiro atoms. The first kappa shape index (κ1) is 11.3. The molecule has 0 aromatic heterocycles. The van der Waals surface area contributed by atoms with E-state index in [4.69, 9.17) is 0 Å². The van der Waals surface area contributed by atoms with Gasteiger partial charge in [-0.25, -0.2) is 4.39 Å². The number of fused-ring (bicyclic) bond motifs is 1. The van der Waals surface area contributed by atoms with Gasteiger partial charge in [-0.05, 0) is 42.7 Å². The summed E-state index contributed by atoms with van der Waals surface area (Å²) in [5.41, 5.74) is 3.50. The molecule has 0 bridgehead atoms. The molecule has 2 unspecified atom stereocenters. The smallest absolute Gasteiger partial charge is 0.123 e. The van der Waals surface area contributed by atoms with Crippen molar-refractivity contribution < 1.29 is 4.39 Å². The Labute approximate surface area is 107 Å². The molecule has 0 saturated carbocycles. The molecule has 0 radical (unpaired) electrons. The lowest BCUT2D eigenvalue weighted by Crippen LogP contribution is -2.25.